The number of halogens is 2. The summed E-state index contributed by atoms with van der Waals surface area (Å²) in [5.74, 6) is -0.0235. The normalized spacial score (nSPS) is 12.2. The van der Waals surface area contributed by atoms with Crippen LogP contribution >= 0.6 is 46.3 Å². The van der Waals surface area contributed by atoms with Crippen molar-refractivity contribution in [1.82, 2.24) is 20.5 Å². The summed E-state index contributed by atoms with van der Waals surface area (Å²) in [6, 6.07) is 13.5. The average molecular weight is 478 g/mol. The monoisotopic (exact) mass is 477 g/mol. The van der Waals surface area contributed by atoms with Gasteiger partial charge in [-0.15, -0.1) is 10.2 Å². The van der Waals surface area contributed by atoms with Crippen LogP contribution in [0.15, 0.2) is 53.0 Å². The zero-order valence-electron chi connectivity index (χ0n) is 15.6. The van der Waals surface area contributed by atoms with Crippen LogP contribution < -0.4 is 11.1 Å². The Kier molecular flexibility index (Phi) is 6.48. The van der Waals surface area contributed by atoms with Crippen molar-refractivity contribution in [2.45, 2.75) is 10.3 Å². The van der Waals surface area contributed by atoms with Gasteiger partial charge < -0.3 is 16.0 Å². The third-order valence-electron chi connectivity index (χ3n) is 4.59. The van der Waals surface area contributed by atoms with Gasteiger partial charge in [-0.1, -0.05) is 70.6 Å². The topological polar surface area (TPSA) is 96.7 Å². The maximum Gasteiger partial charge on any atom is 0.230 e. The maximum absolute atomic E-state index is 12.5. The van der Waals surface area contributed by atoms with Crippen molar-refractivity contribution in [3.8, 4) is 0 Å². The van der Waals surface area contributed by atoms with Crippen molar-refractivity contribution in [3.05, 3.63) is 69.8 Å². The minimum absolute atomic E-state index is 0.108. The summed E-state index contributed by atoms with van der Waals surface area (Å²) in [5.41, 5.74) is 8.56. The summed E-state index contributed by atoms with van der Waals surface area (Å²) in [7, 11) is 0. The number of H-pyrrole nitrogens is 1. The van der Waals surface area contributed by atoms with Gasteiger partial charge in [0, 0.05) is 39.6 Å². The first-order valence-electron chi connectivity index (χ1n) is 9.00. The fourth-order valence-electron chi connectivity index (χ4n) is 3.23. The third-order valence-corrected chi connectivity index (χ3v) is 7.03. The number of nitrogens with zero attached hydrogens (tertiary/aromatic N) is 2. The van der Waals surface area contributed by atoms with E-state index in [1.807, 2.05) is 36.5 Å². The first-order valence-corrected chi connectivity index (χ1v) is 11.6. The van der Waals surface area contributed by atoms with Crippen molar-refractivity contribution in [1.29, 1.82) is 0 Å². The van der Waals surface area contributed by atoms with Crippen LogP contribution in [0.5, 0.6) is 0 Å². The largest absolute Gasteiger partial charge is 0.374 e. The summed E-state index contributed by atoms with van der Waals surface area (Å²) in [5, 5.41) is 13.3. The molecule has 2 aromatic heterocycles. The summed E-state index contributed by atoms with van der Waals surface area (Å²) < 4.78 is 0.663. The van der Waals surface area contributed by atoms with Crippen LogP contribution in [0.4, 0.5) is 5.13 Å². The van der Waals surface area contributed by atoms with Gasteiger partial charge in [0.25, 0.3) is 0 Å². The molecule has 30 heavy (non-hydrogen) atoms. The van der Waals surface area contributed by atoms with E-state index in [1.54, 1.807) is 6.07 Å². The number of amides is 1. The van der Waals surface area contributed by atoms with E-state index in [2.05, 4.69) is 26.6 Å². The number of thioether (sulfide) groups is 1. The van der Waals surface area contributed by atoms with Crippen molar-refractivity contribution in [2.24, 2.45) is 0 Å². The Balaban J connectivity index is 1.55. The number of anilines is 1. The van der Waals surface area contributed by atoms with Gasteiger partial charge >= 0.3 is 0 Å². The molecule has 0 aliphatic carbocycles. The van der Waals surface area contributed by atoms with E-state index in [9.17, 15) is 4.79 Å². The van der Waals surface area contributed by atoms with Crippen molar-refractivity contribution in [2.75, 3.05) is 18.0 Å². The molecule has 154 valence electrons. The summed E-state index contributed by atoms with van der Waals surface area (Å²) in [6.07, 6.45) is 1.96. The van der Waals surface area contributed by atoms with Crippen LogP contribution in [0.1, 0.15) is 17.0 Å². The lowest BCUT2D eigenvalue weighted by atomic mass is 9.90. The maximum atomic E-state index is 12.5. The molecule has 0 saturated carbocycles. The molecule has 0 aliphatic heterocycles. The molecule has 1 amide bonds. The van der Waals surface area contributed by atoms with E-state index in [-0.39, 0.29) is 17.6 Å². The number of hydrogen-bond acceptors (Lipinski definition) is 6. The number of fused-ring (bicyclic) bond motifs is 1. The molecule has 2 aromatic carbocycles. The SMILES string of the molecule is Nc1nnc(SCC(=O)NC[C@H](c2ccc(Cl)cc2Cl)c2c[nH]c3ccccc23)s1. The number of aromatic amines is 1. The van der Waals surface area contributed by atoms with Gasteiger partial charge in [-0.25, -0.2) is 0 Å². The number of nitrogen functional groups attached to an aromatic ring is 1. The van der Waals surface area contributed by atoms with Gasteiger partial charge in [0.2, 0.25) is 11.0 Å². The molecule has 2 heterocycles. The molecule has 4 aromatic rings. The van der Waals surface area contributed by atoms with E-state index in [0.29, 0.717) is 26.1 Å². The van der Waals surface area contributed by atoms with Gasteiger partial charge in [-0.2, -0.15) is 0 Å². The number of carbonyl (C=O) groups excluding carboxylic acids is 1. The molecular weight excluding hydrogens is 461 g/mol. The summed E-state index contributed by atoms with van der Waals surface area (Å²) in [6.45, 7) is 0.390. The highest BCUT2D eigenvalue weighted by Gasteiger charge is 2.21. The predicted molar refractivity (Wildman–Crippen MR) is 125 cm³/mol. The first-order chi connectivity index (χ1) is 14.5. The van der Waals surface area contributed by atoms with Gasteiger partial charge in [-0.3, -0.25) is 4.79 Å². The van der Waals surface area contributed by atoms with Crippen molar-refractivity contribution >= 4 is 68.2 Å². The molecule has 6 nitrogen and oxygen atoms in total. The van der Waals surface area contributed by atoms with E-state index >= 15 is 0 Å². The van der Waals surface area contributed by atoms with Gasteiger partial charge in [0.1, 0.15) is 0 Å². The van der Waals surface area contributed by atoms with Crippen LogP contribution in [-0.4, -0.2) is 33.4 Å². The molecule has 0 unspecified atom stereocenters. The highest BCUT2D eigenvalue weighted by atomic mass is 35.5. The van der Waals surface area contributed by atoms with Gasteiger partial charge in [0.05, 0.1) is 5.75 Å². The molecule has 0 radical (unpaired) electrons. The molecule has 4 rings (SSSR count). The average Bonchev–Trinajstić information content (AvgIpc) is 3.34. The van der Waals surface area contributed by atoms with Crippen LogP contribution in [0.2, 0.25) is 10.0 Å². The van der Waals surface area contributed by atoms with Crippen LogP contribution in [-0.2, 0) is 4.79 Å². The molecule has 10 heteroatoms. The highest BCUT2D eigenvalue weighted by Crippen LogP contribution is 2.35. The van der Waals surface area contributed by atoms with Crippen molar-refractivity contribution < 1.29 is 4.79 Å². The van der Waals surface area contributed by atoms with Crippen molar-refractivity contribution in [3.63, 3.8) is 0 Å². The Labute approximate surface area is 191 Å². The summed E-state index contributed by atoms with van der Waals surface area (Å²) in [4.78, 5) is 15.8. The summed E-state index contributed by atoms with van der Waals surface area (Å²) >= 11 is 15.2. The highest BCUT2D eigenvalue weighted by molar-refractivity contribution is 8.01. The Bertz CT molecular complexity index is 1190. The number of hydrogen-bond donors (Lipinski definition) is 3. The van der Waals surface area contributed by atoms with E-state index < -0.39 is 0 Å². The molecule has 4 N–H and O–H groups in total. The fraction of sp³-hybridized carbons (Fsp3) is 0.150. The second-order valence-corrected chi connectivity index (χ2v) is 9.58. The second-order valence-electron chi connectivity index (χ2n) is 6.51. The minimum atomic E-state index is -0.142. The quantitative estimate of drug-likeness (QED) is 0.327. The van der Waals surface area contributed by atoms with E-state index in [0.717, 1.165) is 22.0 Å². The van der Waals surface area contributed by atoms with Crippen LogP contribution in [0.3, 0.4) is 0 Å². The number of benzene rings is 2. The number of nitrogens with one attached hydrogen (secondary N) is 2. The lowest BCUT2D eigenvalue weighted by molar-refractivity contribution is -0.118. The molecule has 0 spiro atoms. The first kappa shape index (κ1) is 21.0. The smallest absolute Gasteiger partial charge is 0.230 e. The standard InChI is InChI=1S/C20H17Cl2N5OS2/c21-11-5-6-12(16(22)7-11)14(15-8-24-17-4-2-1-3-13(15)17)9-25-18(28)10-29-20-27-26-19(23)30-20/h1-8,14,24H,9-10H2,(H2,23,26)(H,25,28)/t14-/m1/s1. The number of rotatable bonds is 7. The van der Waals surface area contributed by atoms with Gasteiger partial charge in [0.15, 0.2) is 4.34 Å². The zero-order chi connectivity index (χ0) is 21.1. The molecule has 0 aliphatic rings. The Hall–Kier alpha value is -2.26. The predicted octanol–water partition coefficient (Wildman–Crippen LogP) is 4.95. The number of nitrogens with two attached hydrogens (primary N) is 1. The number of carbonyl (C=O) groups is 1. The molecule has 0 bridgehead atoms. The Morgan fingerprint density at radius 1 is 1.20 bits per heavy atom. The number of aromatic nitrogens is 3. The number of para-hydroxylation sites is 1. The minimum Gasteiger partial charge on any atom is -0.374 e. The third kappa shape index (κ3) is 4.73. The molecule has 0 saturated heterocycles. The molecular formula is C20H17Cl2N5OS2. The lowest BCUT2D eigenvalue weighted by Gasteiger charge is -2.19. The van der Waals surface area contributed by atoms with Gasteiger partial charge in [-0.05, 0) is 29.3 Å². The fourth-order valence-corrected chi connectivity index (χ4v) is 5.23. The molecule has 1 atom stereocenters. The zero-order valence-corrected chi connectivity index (χ0v) is 18.7. The van der Waals surface area contributed by atoms with Crippen LogP contribution in [0.25, 0.3) is 10.9 Å². The van der Waals surface area contributed by atoms with E-state index in [1.165, 1.54) is 23.1 Å². The Morgan fingerprint density at radius 3 is 2.80 bits per heavy atom. The molecule has 0 fully saturated rings. The Morgan fingerprint density at radius 2 is 2.03 bits per heavy atom. The lowest BCUT2D eigenvalue weighted by Crippen LogP contribution is -2.30. The van der Waals surface area contributed by atoms with E-state index in [4.69, 9.17) is 28.9 Å². The van der Waals surface area contributed by atoms with Crippen LogP contribution in [0, 0.1) is 0 Å². The second kappa shape index (κ2) is 9.26.